The molecular weight excluding hydrogens is 388 g/mol. The molecule has 0 saturated heterocycles. The molecule has 2 rings (SSSR count). The average Bonchev–Trinajstić information content (AvgIpc) is 3.11. The van der Waals surface area contributed by atoms with Gasteiger partial charge in [-0.1, -0.05) is 19.1 Å². The Morgan fingerprint density at radius 3 is 2.59 bits per heavy atom. The number of benzene rings is 1. The van der Waals surface area contributed by atoms with Gasteiger partial charge in [-0.2, -0.15) is 0 Å². The van der Waals surface area contributed by atoms with E-state index < -0.39 is 12.0 Å². The molecular formula is C21H28N4O3S. The van der Waals surface area contributed by atoms with Crippen LogP contribution in [0.1, 0.15) is 56.3 Å². The normalized spacial score (nSPS) is 13.8. The van der Waals surface area contributed by atoms with Crippen LogP contribution in [0.15, 0.2) is 29.3 Å². The fourth-order valence-corrected chi connectivity index (χ4v) is 4.10. The number of thiazole rings is 1. The SMILES string of the molecule is CCC(NC(C)=O)C(=O)CC(CCCN=C(C)N)C(=O)c1nc2ccccc2s1. The highest BCUT2D eigenvalue weighted by Crippen LogP contribution is 2.27. The van der Waals surface area contributed by atoms with Crippen LogP contribution in [0, 0.1) is 5.92 Å². The number of amides is 1. The van der Waals surface area contributed by atoms with E-state index in [0.717, 1.165) is 10.2 Å². The summed E-state index contributed by atoms with van der Waals surface area (Å²) in [5.41, 5.74) is 6.35. The van der Waals surface area contributed by atoms with Crippen LogP contribution in [0.25, 0.3) is 10.2 Å². The number of ketones is 2. The Balaban J connectivity index is 2.18. The van der Waals surface area contributed by atoms with Crippen LogP contribution in [0.2, 0.25) is 0 Å². The summed E-state index contributed by atoms with van der Waals surface area (Å²) in [6, 6.07) is 6.99. The van der Waals surface area contributed by atoms with Crippen LogP contribution in [-0.2, 0) is 9.59 Å². The van der Waals surface area contributed by atoms with Gasteiger partial charge in [-0.05, 0) is 38.3 Å². The molecule has 0 saturated carbocycles. The Morgan fingerprint density at radius 1 is 1.24 bits per heavy atom. The van der Waals surface area contributed by atoms with Gasteiger partial charge in [0, 0.05) is 25.8 Å². The highest BCUT2D eigenvalue weighted by molar-refractivity contribution is 7.20. The first kappa shape index (κ1) is 22.7. The summed E-state index contributed by atoms with van der Waals surface area (Å²) < 4.78 is 0.939. The molecule has 1 amide bonds. The molecule has 2 atom stereocenters. The first-order chi connectivity index (χ1) is 13.8. The van der Waals surface area contributed by atoms with E-state index in [1.807, 2.05) is 31.2 Å². The van der Waals surface area contributed by atoms with Crippen molar-refractivity contribution < 1.29 is 14.4 Å². The number of aliphatic imine (C=N–C) groups is 1. The van der Waals surface area contributed by atoms with Gasteiger partial charge >= 0.3 is 0 Å². The first-order valence-electron chi connectivity index (χ1n) is 9.78. The van der Waals surface area contributed by atoms with E-state index in [1.165, 1.54) is 18.3 Å². The number of nitrogens with two attached hydrogens (primary N) is 1. The van der Waals surface area contributed by atoms with E-state index in [4.69, 9.17) is 5.73 Å². The molecule has 3 N–H and O–H groups in total. The maximum Gasteiger partial charge on any atom is 0.217 e. The van der Waals surface area contributed by atoms with E-state index in [0.29, 0.717) is 36.7 Å². The quantitative estimate of drug-likeness (QED) is 0.253. The van der Waals surface area contributed by atoms with Crippen molar-refractivity contribution in [1.82, 2.24) is 10.3 Å². The number of hydrogen-bond donors (Lipinski definition) is 2. The lowest BCUT2D eigenvalue weighted by Crippen LogP contribution is -2.40. The van der Waals surface area contributed by atoms with E-state index in [1.54, 1.807) is 6.92 Å². The number of fused-ring (bicyclic) bond motifs is 1. The number of aromatic nitrogens is 1. The number of Topliss-reactive ketones (excluding diaryl/α,β-unsaturated/α-hetero) is 2. The Kier molecular flexibility index (Phi) is 8.45. The second kappa shape index (κ2) is 10.8. The van der Waals surface area contributed by atoms with Crippen molar-refractivity contribution in [2.45, 2.75) is 52.5 Å². The average molecular weight is 417 g/mol. The van der Waals surface area contributed by atoms with Crippen LogP contribution < -0.4 is 11.1 Å². The van der Waals surface area contributed by atoms with Crippen LogP contribution >= 0.6 is 11.3 Å². The minimum atomic E-state index is -0.581. The molecule has 1 aromatic heterocycles. The summed E-state index contributed by atoms with van der Waals surface area (Å²) in [4.78, 5) is 45.9. The molecule has 1 heterocycles. The summed E-state index contributed by atoms with van der Waals surface area (Å²) >= 11 is 1.34. The topological polar surface area (TPSA) is 115 Å². The molecule has 0 bridgehead atoms. The predicted octanol–water partition coefficient (Wildman–Crippen LogP) is 3.13. The van der Waals surface area contributed by atoms with E-state index >= 15 is 0 Å². The molecule has 156 valence electrons. The summed E-state index contributed by atoms with van der Waals surface area (Å²) in [5.74, 6) is -0.538. The van der Waals surface area contributed by atoms with Crippen molar-refractivity contribution in [3.63, 3.8) is 0 Å². The van der Waals surface area contributed by atoms with Crippen molar-refractivity contribution in [2.75, 3.05) is 6.54 Å². The maximum atomic E-state index is 13.2. The van der Waals surface area contributed by atoms with Gasteiger partial charge in [0.2, 0.25) is 5.91 Å². The highest BCUT2D eigenvalue weighted by Gasteiger charge is 2.28. The number of hydrogen-bond acceptors (Lipinski definition) is 6. The van der Waals surface area contributed by atoms with Gasteiger partial charge in [0.25, 0.3) is 0 Å². The molecule has 7 nitrogen and oxygen atoms in total. The molecule has 0 fully saturated rings. The number of nitrogens with one attached hydrogen (secondary N) is 1. The second-order valence-corrected chi connectivity index (χ2v) is 8.08. The largest absolute Gasteiger partial charge is 0.388 e. The summed E-state index contributed by atoms with van der Waals surface area (Å²) in [7, 11) is 0. The zero-order chi connectivity index (χ0) is 21.4. The maximum absolute atomic E-state index is 13.2. The van der Waals surface area contributed by atoms with Crippen LogP contribution in [-0.4, -0.2) is 40.9 Å². The number of nitrogens with zero attached hydrogens (tertiary/aromatic N) is 2. The van der Waals surface area contributed by atoms with Gasteiger partial charge < -0.3 is 11.1 Å². The molecule has 0 aliphatic heterocycles. The lowest BCUT2D eigenvalue weighted by molar-refractivity contribution is -0.127. The Morgan fingerprint density at radius 2 is 1.97 bits per heavy atom. The molecule has 0 aliphatic rings. The fraction of sp³-hybridized carbons (Fsp3) is 0.476. The third-order valence-corrected chi connectivity index (χ3v) is 5.62. The van der Waals surface area contributed by atoms with Gasteiger partial charge in [-0.3, -0.25) is 19.4 Å². The number of rotatable bonds is 11. The third-order valence-electron chi connectivity index (χ3n) is 4.57. The van der Waals surface area contributed by atoms with Gasteiger partial charge in [-0.15, -0.1) is 11.3 Å². The predicted molar refractivity (Wildman–Crippen MR) is 116 cm³/mol. The lowest BCUT2D eigenvalue weighted by atomic mass is 9.90. The lowest BCUT2D eigenvalue weighted by Gasteiger charge is -2.19. The molecule has 8 heteroatoms. The van der Waals surface area contributed by atoms with Gasteiger partial charge in [0.15, 0.2) is 16.6 Å². The number of carbonyl (C=O) groups excluding carboxylic acids is 3. The van der Waals surface area contributed by atoms with Crippen molar-refractivity contribution in [3.8, 4) is 0 Å². The minimum absolute atomic E-state index is 0.0683. The highest BCUT2D eigenvalue weighted by atomic mass is 32.1. The van der Waals surface area contributed by atoms with Gasteiger partial charge in [-0.25, -0.2) is 4.98 Å². The molecule has 0 aliphatic carbocycles. The smallest absolute Gasteiger partial charge is 0.217 e. The summed E-state index contributed by atoms with van der Waals surface area (Å²) in [5, 5.41) is 3.08. The molecule has 29 heavy (non-hydrogen) atoms. The van der Waals surface area contributed by atoms with Crippen LogP contribution in [0.3, 0.4) is 0 Å². The number of para-hydroxylation sites is 1. The Labute approximate surface area is 174 Å². The standard InChI is InChI=1S/C21H28N4O3S/c1-4-16(24-14(3)26)18(27)12-15(8-7-11-23-13(2)22)20(28)21-25-17-9-5-6-10-19(17)29-21/h5-6,9-10,15-16H,4,7-8,11-12H2,1-3H3,(H2,22,23)(H,24,26). The van der Waals surface area contributed by atoms with Crippen LogP contribution in [0.4, 0.5) is 0 Å². The first-order valence-corrected chi connectivity index (χ1v) is 10.6. The van der Waals surface area contributed by atoms with Crippen molar-refractivity contribution in [1.29, 1.82) is 0 Å². The molecule has 0 radical (unpaired) electrons. The van der Waals surface area contributed by atoms with Crippen molar-refractivity contribution >= 4 is 44.9 Å². The van der Waals surface area contributed by atoms with E-state index in [2.05, 4.69) is 15.3 Å². The Bertz CT molecular complexity index is 869. The molecule has 2 aromatic rings. The zero-order valence-electron chi connectivity index (χ0n) is 17.1. The van der Waals surface area contributed by atoms with Gasteiger partial charge in [0.1, 0.15) is 0 Å². The second-order valence-electron chi connectivity index (χ2n) is 7.05. The van der Waals surface area contributed by atoms with E-state index in [-0.39, 0.29) is 23.9 Å². The molecule has 2 unspecified atom stereocenters. The third kappa shape index (κ3) is 6.74. The summed E-state index contributed by atoms with van der Waals surface area (Å²) in [6.07, 6.45) is 1.70. The minimum Gasteiger partial charge on any atom is -0.388 e. The molecule has 1 aromatic carbocycles. The summed E-state index contributed by atoms with van der Waals surface area (Å²) in [6.45, 7) is 5.43. The number of amidine groups is 1. The van der Waals surface area contributed by atoms with E-state index in [9.17, 15) is 14.4 Å². The molecule has 0 spiro atoms. The zero-order valence-corrected chi connectivity index (χ0v) is 17.9. The monoisotopic (exact) mass is 416 g/mol. The number of carbonyl (C=O) groups is 3. The fourth-order valence-electron chi connectivity index (χ4n) is 3.11. The van der Waals surface area contributed by atoms with Crippen molar-refractivity contribution in [2.24, 2.45) is 16.6 Å². The van der Waals surface area contributed by atoms with Gasteiger partial charge in [0.05, 0.1) is 22.1 Å². The van der Waals surface area contributed by atoms with Crippen LogP contribution in [0.5, 0.6) is 0 Å². The van der Waals surface area contributed by atoms with Crippen molar-refractivity contribution in [3.05, 3.63) is 29.3 Å². The Hall–Kier alpha value is -2.61.